The van der Waals surface area contributed by atoms with E-state index in [0.29, 0.717) is 0 Å². The number of aliphatic carboxylic acids is 1. The molecule has 7 heteroatoms. The molecule has 1 saturated carbocycles. The third-order valence-corrected chi connectivity index (χ3v) is 3.31. The number of hydrogen-bond acceptors (Lipinski definition) is 2. The zero-order valence-corrected chi connectivity index (χ0v) is 10.2. The van der Waals surface area contributed by atoms with Crippen LogP contribution in [0.15, 0.2) is 0 Å². The number of carboxylic acid groups (broad SMARTS) is 1. The van der Waals surface area contributed by atoms with Gasteiger partial charge < -0.3 is 10.4 Å². The number of carbonyl (C=O) groups is 2. The molecule has 1 aliphatic carbocycles. The summed E-state index contributed by atoms with van der Waals surface area (Å²) in [5, 5.41) is 11.2. The van der Waals surface area contributed by atoms with Gasteiger partial charge in [-0.05, 0) is 11.8 Å². The van der Waals surface area contributed by atoms with Gasteiger partial charge in [0.2, 0.25) is 5.91 Å². The smallest absolute Gasteiger partial charge is 0.389 e. The molecule has 0 spiro atoms. The van der Waals surface area contributed by atoms with Crippen molar-refractivity contribution in [1.82, 2.24) is 5.32 Å². The second-order valence-electron chi connectivity index (χ2n) is 5.12. The Bertz CT molecular complexity index is 352. The lowest BCUT2D eigenvalue weighted by atomic mass is 10.1. The number of alkyl halides is 3. The SMILES string of the molecule is CC1(C)[C@H](C(=O)O)[C@@H]1C(=O)NCCCC(F)(F)F. The molecule has 4 nitrogen and oxygen atoms in total. The van der Waals surface area contributed by atoms with E-state index in [2.05, 4.69) is 5.32 Å². The van der Waals surface area contributed by atoms with Crippen LogP contribution in [0.3, 0.4) is 0 Å². The molecule has 104 valence electrons. The zero-order valence-electron chi connectivity index (χ0n) is 10.2. The molecule has 0 saturated heterocycles. The highest BCUT2D eigenvalue weighted by Gasteiger charge is 2.65. The van der Waals surface area contributed by atoms with Crippen molar-refractivity contribution >= 4 is 11.9 Å². The third kappa shape index (κ3) is 3.36. The van der Waals surface area contributed by atoms with E-state index in [0.717, 1.165) is 0 Å². The van der Waals surface area contributed by atoms with Gasteiger partial charge in [-0.15, -0.1) is 0 Å². The number of carboxylic acids is 1. The molecule has 2 atom stereocenters. The van der Waals surface area contributed by atoms with Crippen LogP contribution >= 0.6 is 0 Å². The highest BCUT2D eigenvalue weighted by atomic mass is 19.4. The number of nitrogens with one attached hydrogen (secondary N) is 1. The first kappa shape index (κ1) is 14.8. The summed E-state index contributed by atoms with van der Waals surface area (Å²) in [6.07, 6.45) is -5.38. The van der Waals surface area contributed by atoms with E-state index in [4.69, 9.17) is 5.11 Å². The molecule has 0 radical (unpaired) electrons. The Balaban J connectivity index is 2.33. The predicted octanol–water partition coefficient (Wildman–Crippen LogP) is 1.80. The summed E-state index contributed by atoms with van der Waals surface area (Å²) in [6.45, 7) is 3.23. The van der Waals surface area contributed by atoms with Crippen molar-refractivity contribution in [2.24, 2.45) is 17.3 Å². The van der Waals surface area contributed by atoms with Gasteiger partial charge in [-0.1, -0.05) is 13.8 Å². The summed E-state index contributed by atoms with van der Waals surface area (Å²) in [5.41, 5.74) is -0.625. The topological polar surface area (TPSA) is 66.4 Å². The highest BCUT2D eigenvalue weighted by Crippen LogP contribution is 2.58. The van der Waals surface area contributed by atoms with E-state index < -0.39 is 41.7 Å². The summed E-state index contributed by atoms with van der Waals surface area (Å²) >= 11 is 0. The molecule has 0 heterocycles. The normalized spacial score (nSPS) is 25.6. The molecule has 1 amide bonds. The predicted molar refractivity (Wildman–Crippen MR) is 56.7 cm³/mol. The average Bonchev–Trinajstić information content (AvgIpc) is 2.75. The first-order chi connectivity index (χ1) is 8.07. The van der Waals surface area contributed by atoms with Crippen molar-refractivity contribution < 1.29 is 27.9 Å². The van der Waals surface area contributed by atoms with Crippen LogP contribution in [0.25, 0.3) is 0 Å². The van der Waals surface area contributed by atoms with Gasteiger partial charge in [0.1, 0.15) is 0 Å². The van der Waals surface area contributed by atoms with Crippen LogP contribution in [-0.4, -0.2) is 29.7 Å². The van der Waals surface area contributed by atoms with Crippen molar-refractivity contribution in [1.29, 1.82) is 0 Å². The Labute approximate surface area is 103 Å². The first-order valence-electron chi connectivity index (χ1n) is 5.64. The van der Waals surface area contributed by atoms with Gasteiger partial charge in [0.05, 0.1) is 11.8 Å². The van der Waals surface area contributed by atoms with Crippen molar-refractivity contribution in [3.8, 4) is 0 Å². The molecule has 1 aliphatic rings. The minimum absolute atomic E-state index is 0.0860. The second kappa shape index (κ2) is 4.78. The fourth-order valence-electron chi connectivity index (χ4n) is 2.20. The lowest BCUT2D eigenvalue weighted by Gasteiger charge is -2.08. The number of hydrogen-bond donors (Lipinski definition) is 2. The maximum absolute atomic E-state index is 11.9. The summed E-state index contributed by atoms with van der Waals surface area (Å²) in [4.78, 5) is 22.4. The van der Waals surface area contributed by atoms with Gasteiger partial charge in [-0.3, -0.25) is 9.59 Å². The summed E-state index contributed by atoms with van der Waals surface area (Å²) in [6, 6.07) is 0. The van der Waals surface area contributed by atoms with Crippen LogP contribution in [0.1, 0.15) is 26.7 Å². The fraction of sp³-hybridized carbons (Fsp3) is 0.818. The highest BCUT2D eigenvalue weighted by molar-refractivity contribution is 5.91. The Morgan fingerprint density at radius 3 is 2.22 bits per heavy atom. The molecule has 0 aliphatic heterocycles. The first-order valence-corrected chi connectivity index (χ1v) is 5.64. The Kier molecular flexibility index (Phi) is 3.92. The molecule has 0 aromatic rings. The van der Waals surface area contributed by atoms with Gasteiger partial charge in [-0.25, -0.2) is 0 Å². The summed E-state index contributed by atoms with van der Waals surface area (Å²) < 4.78 is 35.6. The van der Waals surface area contributed by atoms with Crippen molar-refractivity contribution in [3.05, 3.63) is 0 Å². The summed E-state index contributed by atoms with van der Waals surface area (Å²) in [7, 11) is 0. The molecule has 0 aromatic carbocycles. The molecular weight excluding hydrogens is 251 g/mol. The number of rotatable bonds is 5. The van der Waals surface area contributed by atoms with E-state index in [9.17, 15) is 22.8 Å². The summed E-state index contributed by atoms with van der Waals surface area (Å²) in [5.74, 6) is -2.92. The second-order valence-corrected chi connectivity index (χ2v) is 5.12. The van der Waals surface area contributed by atoms with E-state index in [1.54, 1.807) is 13.8 Å². The Morgan fingerprint density at radius 1 is 1.28 bits per heavy atom. The number of carbonyl (C=O) groups excluding carboxylic acids is 1. The lowest BCUT2D eigenvalue weighted by Crippen LogP contribution is -2.29. The molecule has 0 aromatic heterocycles. The van der Waals surface area contributed by atoms with Crippen LogP contribution in [0.5, 0.6) is 0 Å². The van der Waals surface area contributed by atoms with Crippen molar-refractivity contribution in [2.45, 2.75) is 32.9 Å². The van der Waals surface area contributed by atoms with Gasteiger partial charge >= 0.3 is 12.1 Å². The minimum Gasteiger partial charge on any atom is -0.481 e. The van der Waals surface area contributed by atoms with Crippen molar-refractivity contribution in [3.63, 3.8) is 0 Å². The zero-order chi connectivity index (χ0) is 14.1. The van der Waals surface area contributed by atoms with Gasteiger partial charge in [0.25, 0.3) is 0 Å². The van der Waals surface area contributed by atoms with E-state index >= 15 is 0 Å². The molecule has 1 rings (SSSR count). The van der Waals surface area contributed by atoms with E-state index in [-0.39, 0.29) is 13.0 Å². The molecule has 1 fully saturated rings. The van der Waals surface area contributed by atoms with Crippen LogP contribution in [-0.2, 0) is 9.59 Å². The lowest BCUT2D eigenvalue weighted by molar-refractivity contribution is -0.140. The van der Waals surface area contributed by atoms with Crippen molar-refractivity contribution in [2.75, 3.05) is 6.54 Å². The molecular formula is C11H16F3NO3. The molecule has 0 unspecified atom stereocenters. The minimum atomic E-state index is -4.23. The fourth-order valence-corrected chi connectivity index (χ4v) is 2.20. The number of amides is 1. The average molecular weight is 267 g/mol. The molecule has 18 heavy (non-hydrogen) atoms. The van der Waals surface area contributed by atoms with Crippen LogP contribution < -0.4 is 5.32 Å². The Hall–Kier alpha value is -1.27. The third-order valence-electron chi connectivity index (χ3n) is 3.31. The molecule has 2 N–H and O–H groups in total. The number of halogens is 3. The van der Waals surface area contributed by atoms with Gasteiger partial charge in [0.15, 0.2) is 0 Å². The van der Waals surface area contributed by atoms with Crippen LogP contribution in [0.4, 0.5) is 13.2 Å². The maximum Gasteiger partial charge on any atom is 0.389 e. The van der Waals surface area contributed by atoms with Crippen LogP contribution in [0.2, 0.25) is 0 Å². The van der Waals surface area contributed by atoms with E-state index in [1.807, 2.05) is 0 Å². The monoisotopic (exact) mass is 267 g/mol. The maximum atomic E-state index is 11.9. The standard InChI is InChI=1S/C11H16F3NO3/c1-10(2)6(7(10)9(17)18)8(16)15-5-3-4-11(12,13)14/h6-7H,3-5H2,1-2H3,(H,15,16)(H,17,18)/t6-,7+/m1/s1. The van der Waals surface area contributed by atoms with Crippen LogP contribution in [0, 0.1) is 17.3 Å². The van der Waals surface area contributed by atoms with E-state index in [1.165, 1.54) is 0 Å². The van der Waals surface area contributed by atoms with Gasteiger partial charge in [-0.2, -0.15) is 13.2 Å². The Morgan fingerprint density at radius 2 is 1.83 bits per heavy atom. The quantitative estimate of drug-likeness (QED) is 0.746. The van der Waals surface area contributed by atoms with Gasteiger partial charge in [0, 0.05) is 13.0 Å². The largest absolute Gasteiger partial charge is 0.481 e. The molecule has 0 bridgehead atoms.